The summed E-state index contributed by atoms with van der Waals surface area (Å²) in [5, 5.41) is 3.62. The van der Waals surface area contributed by atoms with Crippen molar-refractivity contribution in [3.8, 4) is 11.4 Å². The standard InChI is InChI=1S/C12H13F2N3O2/c1-2-12(13,14)5-8-17-10(16-19-11(17)18)9-3-6-15-7-4-9/h3-4,6-7H,2,5,8H2,1H3. The highest BCUT2D eigenvalue weighted by atomic mass is 19.3. The fraction of sp³-hybridized carbons (Fsp3) is 0.417. The van der Waals surface area contributed by atoms with Crippen molar-refractivity contribution in [2.24, 2.45) is 0 Å². The second-order valence-corrected chi connectivity index (χ2v) is 4.12. The van der Waals surface area contributed by atoms with Crippen LogP contribution in [0.15, 0.2) is 33.8 Å². The SMILES string of the molecule is CCC(F)(F)CCn1c(-c2ccncc2)noc1=O. The van der Waals surface area contributed by atoms with Crippen molar-refractivity contribution < 1.29 is 13.3 Å². The van der Waals surface area contributed by atoms with Crippen LogP contribution in [-0.4, -0.2) is 20.6 Å². The van der Waals surface area contributed by atoms with Gasteiger partial charge >= 0.3 is 5.76 Å². The van der Waals surface area contributed by atoms with E-state index in [2.05, 4.69) is 14.7 Å². The molecule has 2 heterocycles. The van der Waals surface area contributed by atoms with Crippen molar-refractivity contribution in [2.45, 2.75) is 32.2 Å². The summed E-state index contributed by atoms with van der Waals surface area (Å²) in [5.41, 5.74) is 0.598. The van der Waals surface area contributed by atoms with Crippen molar-refractivity contribution in [3.63, 3.8) is 0 Å². The molecule has 0 unspecified atom stereocenters. The molecule has 0 aliphatic carbocycles. The van der Waals surface area contributed by atoms with Gasteiger partial charge in [-0.25, -0.2) is 13.6 Å². The summed E-state index contributed by atoms with van der Waals surface area (Å²) in [6.07, 6.45) is 2.36. The van der Waals surface area contributed by atoms with Crippen LogP contribution in [0, 0.1) is 0 Å². The summed E-state index contributed by atoms with van der Waals surface area (Å²) in [4.78, 5) is 15.3. The van der Waals surface area contributed by atoms with Gasteiger partial charge in [-0.1, -0.05) is 12.1 Å². The smallest absolute Gasteiger partial charge is 0.295 e. The molecule has 0 N–H and O–H groups in total. The van der Waals surface area contributed by atoms with E-state index in [4.69, 9.17) is 0 Å². The van der Waals surface area contributed by atoms with Gasteiger partial charge < -0.3 is 0 Å². The molecule has 0 aliphatic heterocycles. The van der Waals surface area contributed by atoms with Crippen LogP contribution in [0.3, 0.4) is 0 Å². The molecular weight excluding hydrogens is 256 g/mol. The monoisotopic (exact) mass is 269 g/mol. The number of hydrogen-bond donors (Lipinski definition) is 0. The summed E-state index contributed by atoms with van der Waals surface area (Å²) in [6.45, 7) is 1.26. The van der Waals surface area contributed by atoms with Crippen molar-refractivity contribution in [3.05, 3.63) is 35.1 Å². The lowest BCUT2D eigenvalue weighted by molar-refractivity contribution is -0.0155. The summed E-state index contributed by atoms with van der Waals surface area (Å²) in [7, 11) is 0. The average Bonchev–Trinajstić information content (AvgIpc) is 2.79. The Bertz CT molecular complexity index is 593. The zero-order chi connectivity index (χ0) is 13.9. The maximum Gasteiger partial charge on any atom is 0.441 e. The Kier molecular flexibility index (Phi) is 3.73. The van der Waals surface area contributed by atoms with E-state index in [1.54, 1.807) is 12.1 Å². The average molecular weight is 269 g/mol. The predicted molar refractivity (Wildman–Crippen MR) is 63.8 cm³/mol. The molecule has 2 aromatic heterocycles. The first kappa shape index (κ1) is 13.4. The van der Waals surface area contributed by atoms with Crippen LogP contribution in [0.2, 0.25) is 0 Å². The van der Waals surface area contributed by atoms with Crippen LogP contribution >= 0.6 is 0 Å². The lowest BCUT2D eigenvalue weighted by Gasteiger charge is -2.13. The number of nitrogens with zero attached hydrogens (tertiary/aromatic N) is 3. The summed E-state index contributed by atoms with van der Waals surface area (Å²) in [6, 6.07) is 3.26. The first-order valence-corrected chi connectivity index (χ1v) is 5.88. The molecule has 7 heteroatoms. The summed E-state index contributed by atoms with van der Waals surface area (Å²) < 4.78 is 32.1. The molecule has 102 valence electrons. The number of rotatable bonds is 5. The quantitative estimate of drug-likeness (QED) is 0.835. The van der Waals surface area contributed by atoms with Gasteiger partial charge in [-0.15, -0.1) is 0 Å². The largest absolute Gasteiger partial charge is 0.441 e. The lowest BCUT2D eigenvalue weighted by atomic mass is 10.2. The lowest BCUT2D eigenvalue weighted by Crippen LogP contribution is -2.22. The fourth-order valence-electron chi connectivity index (χ4n) is 1.63. The molecule has 0 saturated carbocycles. The zero-order valence-corrected chi connectivity index (χ0v) is 10.3. The molecule has 0 aliphatic rings. The van der Waals surface area contributed by atoms with E-state index in [0.717, 1.165) is 4.57 Å². The van der Waals surface area contributed by atoms with Gasteiger partial charge in [-0.3, -0.25) is 14.1 Å². The molecule has 19 heavy (non-hydrogen) atoms. The Morgan fingerprint density at radius 3 is 2.68 bits per heavy atom. The number of pyridine rings is 1. The van der Waals surface area contributed by atoms with E-state index < -0.39 is 18.1 Å². The third kappa shape index (κ3) is 3.04. The van der Waals surface area contributed by atoms with E-state index in [9.17, 15) is 13.6 Å². The van der Waals surface area contributed by atoms with E-state index >= 15 is 0 Å². The van der Waals surface area contributed by atoms with E-state index in [-0.39, 0.29) is 18.8 Å². The van der Waals surface area contributed by atoms with Crippen molar-refractivity contribution in [1.29, 1.82) is 0 Å². The Hall–Kier alpha value is -2.05. The molecule has 2 rings (SSSR count). The number of aromatic nitrogens is 3. The van der Waals surface area contributed by atoms with E-state index in [1.165, 1.54) is 19.3 Å². The minimum Gasteiger partial charge on any atom is -0.295 e. The Labute approximate surface area is 107 Å². The molecule has 0 saturated heterocycles. The van der Waals surface area contributed by atoms with Crippen LogP contribution in [0.1, 0.15) is 19.8 Å². The predicted octanol–water partition coefficient (Wildman–Crippen LogP) is 2.33. The van der Waals surface area contributed by atoms with Gasteiger partial charge in [0.15, 0.2) is 5.82 Å². The van der Waals surface area contributed by atoms with Gasteiger partial charge in [0, 0.05) is 37.3 Å². The molecule has 0 aromatic carbocycles. The van der Waals surface area contributed by atoms with Crippen LogP contribution in [0.25, 0.3) is 11.4 Å². The molecule has 0 amide bonds. The van der Waals surface area contributed by atoms with Crippen molar-refractivity contribution >= 4 is 0 Å². The minimum atomic E-state index is -2.80. The van der Waals surface area contributed by atoms with Crippen LogP contribution in [0.5, 0.6) is 0 Å². The molecule has 0 fully saturated rings. The zero-order valence-electron chi connectivity index (χ0n) is 10.3. The molecule has 0 atom stereocenters. The first-order valence-electron chi connectivity index (χ1n) is 5.88. The highest BCUT2D eigenvalue weighted by Gasteiger charge is 2.27. The molecular formula is C12H13F2N3O2. The van der Waals surface area contributed by atoms with Gasteiger partial charge in [0.25, 0.3) is 0 Å². The first-order chi connectivity index (χ1) is 9.03. The molecule has 0 bridgehead atoms. The number of hydrogen-bond acceptors (Lipinski definition) is 4. The number of halogens is 2. The Balaban J connectivity index is 2.27. The Morgan fingerprint density at radius 2 is 2.05 bits per heavy atom. The van der Waals surface area contributed by atoms with Crippen molar-refractivity contribution in [1.82, 2.24) is 14.7 Å². The molecule has 5 nitrogen and oxygen atoms in total. The third-order valence-corrected chi connectivity index (χ3v) is 2.84. The van der Waals surface area contributed by atoms with Crippen LogP contribution < -0.4 is 5.76 Å². The van der Waals surface area contributed by atoms with Gasteiger partial charge in [-0.2, -0.15) is 0 Å². The third-order valence-electron chi connectivity index (χ3n) is 2.84. The maximum atomic E-state index is 13.2. The van der Waals surface area contributed by atoms with Crippen molar-refractivity contribution in [2.75, 3.05) is 0 Å². The van der Waals surface area contributed by atoms with Crippen LogP contribution in [0.4, 0.5) is 8.78 Å². The highest BCUT2D eigenvalue weighted by molar-refractivity contribution is 5.53. The van der Waals surface area contributed by atoms with Gasteiger partial charge in [0.2, 0.25) is 5.92 Å². The minimum absolute atomic E-state index is 0.138. The summed E-state index contributed by atoms with van der Waals surface area (Å²) >= 11 is 0. The highest BCUT2D eigenvalue weighted by Crippen LogP contribution is 2.24. The summed E-state index contributed by atoms with van der Waals surface area (Å²) in [5.74, 6) is -3.30. The van der Waals surface area contributed by atoms with E-state index in [1.807, 2.05) is 0 Å². The molecule has 0 spiro atoms. The van der Waals surface area contributed by atoms with Gasteiger partial charge in [0.1, 0.15) is 0 Å². The normalized spacial score (nSPS) is 11.7. The molecule has 0 radical (unpaired) electrons. The molecule has 2 aromatic rings. The fourth-order valence-corrected chi connectivity index (χ4v) is 1.63. The topological polar surface area (TPSA) is 60.9 Å². The van der Waals surface area contributed by atoms with E-state index in [0.29, 0.717) is 5.56 Å². The number of alkyl halides is 2. The second-order valence-electron chi connectivity index (χ2n) is 4.12. The van der Waals surface area contributed by atoms with Gasteiger partial charge in [-0.05, 0) is 12.1 Å². The van der Waals surface area contributed by atoms with Crippen LogP contribution in [-0.2, 0) is 6.54 Å². The maximum absolute atomic E-state index is 13.2. The van der Waals surface area contributed by atoms with Gasteiger partial charge in [0.05, 0.1) is 0 Å². The Morgan fingerprint density at radius 1 is 1.37 bits per heavy atom. The second kappa shape index (κ2) is 5.29.